The molecule has 2 aromatic rings. The summed E-state index contributed by atoms with van der Waals surface area (Å²) in [7, 11) is -2.27. The Morgan fingerprint density at radius 3 is 2.58 bits per heavy atom. The van der Waals surface area contributed by atoms with Crippen molar-refractivity contribution in [3.8, 4) is 11.8 Å². The van der Waals surface area contributed by atoms with Crippen LogP contribution in [0.5, 0.6) is 5.75 Å². The molecule has 1 aliphatic rings. The Hall–Kier alpha value is -3.05. The summed E-state index contributed by atoms with van der Waals surface area (Å²) >= 11 is 0. The highest BCUT2D eigenvalue weighted by atomic mass is 32.2. The minimum Gasteiger partial charge on any atom is -0.482 e. The molecule has 7 nitrogen and oxygen atoms in total. The molecule has 1 aliphatic heterocycles. The Morgan fingerprint density at radius 2 is 1.92 bits per heavy atom. The monoisotopic (exact) mass is 343 g/mol. The van der Waals surface area contributed by atoms with Crippen LogP contribution in [0.15, 0.2) is 47.4 Å². The molecular formula is C16H13N3O4S. The van der Waals surface area contributed by atoms with Gasteiger partial charge in [0.2, 0.25) is 0 Å². The molecule has 8 heteroatoms. The van der Waals surface area contributed by atoms with E-state index in [-0.39, 0.29) is 17.4 Å². The van der Waals surface area contributed by atoms with E-state index in [0.717, 1.165) is 0 Å². The lowest BCUT2D eigenvalue weighted by molar-refractivity contribution is -0.120. The van der Waals surface area contributed by atoms with Crippen LogP contribution in [0.2, 0.25) is 0 Å². The first-order chi connectivity index (χ1) is 11.4. The maximum atomic E-state index is 12.5. The summed E-state index contributed by atoms with van der Waals surface area (Å²) in [5.74, 6) is 0.200. The Morgan fingerprint density at radius 1 is 1.21 bits per heavy atom. The van der Waals surface area contributed by atoms with Crippen molar-refractivity contribution >= 4 is 27.3 Å². The first-order valence-electron chi connectivity index (χ1n) is 6.97. The minimum absolute atomic E-state index is 0.00996. The number of hydrogen-bond donors (Lipinski definition) is 1. The predicted molar refractivity (Wildman–Crippen MR) is 87.3 cm³/mol. The second kappa shape index (κ2) is 5.86. The van der Waals surface area contributed by atoms with Crippen molar-refractivity contribution in [1.29, 1.82) is 5.26 Å². The molecule has 1 N–H and O–H groups in total. The van der Waals surface area contributed by atoms with Crippen LogP contribution in [-0.4, -0.2) is 28.0 Å². The molecule has 0 spiro atoms. The van der Waals surface area contributed by atoms with Gasteiger partial charge in [0.1, 0.15) is 5.75 Å². The summed E-state index contributed by atoms with van der Waals surface area (Å²) in [6, 6.07) is 12.3. The number of nitrogens with zero attached hydrogens (tertiary/aromatic N) is 2. The number of ether oxygens (including phenoxy) is 1. The Bertz CT molecular complexity index is 946. The summed E-state index contributed by atoms with van der Waals surface area (Å²) in [6.07, 6.45) is 0. The van der Waals surface area contributed by atoms with Gasteiger partial charge in [0.15, 0.2) is 6.61 Å². The number of carbonyl (C=O) groups excluding carboxylic acids is 1. The highest BCUT2D eigenvalue weighted by Gasteiger charge is 2.25. The number of hydrogen-bond acceptors (Lipinski definition) is 5. The van der Waals surface area contributed by atoms with Crippen molar-refractivity contribution in [1.82, 2.24) is 0 Å². The highest BCUT2D eigenvalue weighted by Crippen LogP contribution is 2.33. The number of likely N-dealkylation sites (N-methyl/N-ethyl adjacent to an activating group) is 1. The van der Waals surface area contributed by atoms with Crippen LogP contribution in [-0.2, 0) is 14.8 Å². The lowest BCUT2D eigenvalue weighted by Gasteiger charge is -2.26. The van der Waals surface area contributed by atoms with Gasteiger partial charge >= 0.3 is 0 Å². The van der Waals surface area contributed by atoms with Crippen LogP contribution in [0.25, 0.3) is 0 Å². The van der Waals surface area contributed by atoms with Crippen molar-refractivity contribution < 1.29 is 17.9 Å². The SMILES string of the molecule is CN1C(=O)COc2ccc(S(=O)(=O)Nc3ccc(C#N)cc3)cc21. The van der Waals surface area contributed by atoms with Gasteiger partial charge in [-0.1, -0.05) is 0 Å². The predicted octanol–water partition coefficient (Wildman–Crippen LogP) is 1.71. The molecule has 0 aromatic heterocycles. The second-order valence-corrected chi connectivity index (χ2v) is 6.85. The number of nitrogens with one attached hydrogen (secondary N) is 1. The quantitative estimate of drug-likeness (QED) is 0.914. The Balaban J connectivity index is 1.92. The van der Waals surface area contributed by atoms with Gasteiger partial charge in [0.25, 0.3) is 15.9 Å². The number of sulfonamides is 1. The molecule has 2 aromatic carbocycles. The lowest BCUT2D eigenvalue weighted by atomic mass is 10.2. The summed E-state index contributed by atoms with van der Waals surface area (Å²) in [6.45, 7) is -0.0703. The number of fused-ring (bicyclic) bond motifs is 1. The van der Waals surface area contributed by atoms with Gasteiger partial charge in [-0.3, -0.25) is 9.52 Å². The molecule has 0 unspecified atom stereocenters. The molecule has 1 amide bonds. The number of amides is 1. The third-order valence-corrected chi connectivity index (χ3v) is 4.97. The van der Waals surface area contributed by atoms with Gasteiger partial charge in [-0.25, -0.2) is 8.42 Å². The molecule has 0 radical (unpaired) electrons. The summed E-state index contributed by atoms with van der Waals surface area (Å²) in [5, 5.41) is 8.77. The lowest BCUT2D eigenvalue weighted by Crippen LogP contribution is -2.35. The van der Waals surface area contributed by atoms with Gasteiger partial charge in [-0.15, -0.1) is 0 Å². The molecule has 24 heavy (non-hydrogen) atoms. The number of nitriles is 1. The van der Waals surface area contributed by atoms with Crippen LogP contribution >= 0.6 is 0 Å². The fraction of sp³-hybridized carbons (Fsp3) is 0.125. The van der Waals surface area contributed by atoms with E-state index in [1.54, 1.807) is 7.05 Å². The highest BCUT2D eigenvalue weighted by molar-refractivity contribution is 7.92. The third-order valence-electron chi connectivity index (χ3n) is 3.59. The summed E-state index contributed by atoms with van der Waals surface area (Å²) in [5.41, 5.74) is 1.17. The second-order valence-electron chi connectivity index (χ2n) is 5.17. The van der Waals surface area contributed by atoms with Gasteiger partial charge in [0.05, 0.1) is 22.2 Å². The molecular weight excluding hydrogens is 330 g/mol. The largest absolute Gasteiger partial charge is 0.482 e. The van der Waals surface area contributed by atoms with E-state index in [9.17, 15) is 13.2 Å². The first kappa shape index (κ1) is 15.8. The van der Waals surface area contributed by atoms with Crippen molar-refractivity contribution in [3.05, 3.63) is 48.0 Å². The van der Waals surface area contributed by atoms with Crippen molar-refractivity contribution in [2.45, 2.75) is 4.90 Å². The van der Waals surface area contributed by atoms with E-state index in [4.69, 9.17) is 10.00 Å². The van der Waals surface area contributed by atoms with Crippen LogP contribution in [0.1, 0.15) is 5.56 Å². The Labute approximate surface area is 139 Å². The van der Waals surface area contributed by atoms with E-state index in [1.165, 1.54) is 47.4 Å². The van der Waals surface area contributed by atoms with Crippen LogP contribution in [0, 0.1) is 11.3 Å². The number of benzene rings is 2. The maximum Gasteiger partial charge on any atom is 0.264 e. The zero-order valence-corrected chi connectivity index (χ0v) is 13.5. The maximum absolute atomic E-state index is 12.5. The Kier molecular flexibility index (Phi) is 3.87. The first-order valence-corrected chi connectivity index (χ1v) is 8.45. The molecule has 0 atom stereocenters. The molecule has 0 fully saturated rings. The minimum atomic E-state index is -3.83. The number of carbonyl (C=O) groups is 1. The van der Waals surface area contributed by atoms with E-state index >= 15 is 0 Å². The van der Waals surface area contributed by atoms with Gasteiger partial charge < -0.3 is 9.64 Å². The van der Waals surface area contributed by atoms with E-state index < -0.39 is 10.0 Å². The van der Waals surface area contributed by atoms with Gasteiger partial charge in [-0.2, -0.15) is 5.26 Å². The van der Waals surface area contributed by atoms with Crippen LogP contribution < -0.4 is 14.4 Å². The summed E-state index contributed by atoms with van der Waals surface area (Å²) < 4.78 is 32.7. The average molecular weight is 343 g/mol. The fourth-order valence-electron chi connectivity index (χ4n) is 2.25. The zero-order chi connectivity index (χ0) is 17.3. The average Bonchev–Trinajstić information content (AvgIpc) is 2.58. The smallest absolute Gasteiger partial charge is 0.264 e. The standard InChI is InChI=1S/C16H13N3O4S/c1-19-14-8-13(6-7-15(14)23-10-16(19)20)24(21,22)18-12-4-2-11(9-17)3-5-12/h2-8,18H,10H2,1H3. The van der Waals surface area contributed by atoms with Crippen LogP contribution in [0.4, 0.5) is 11.4 Å². The topological polar surface area (TPSA) is 99.5 Å². The zero-order valence-electron chi connectivity index (χ0n) is 12.7. The van der Waals surface area contributed by atoms with E-state index in [1.807, 2.05) is 6.07 Å². The van der Waals surface area contributed by atoms with Crippen LogP contribution in [0.3, 0.4) is 0 Å². The molecule has 0 saturated carbocycles. The van der Waals surface area contributed by atoms with Crippen molar-refractivity contribution in [3.63, 3.8) is 0 Å². The number of anilines is 2. The molecule has 0 bridgehead atoms. The molecule has 3 rings (SSSR count). The van der Waals surface area contributed by atoms with E-state index in [2.05, 4.69) is 4.72 Å². The van der Waals surface area contributed by atoms with Crippen molar-refractivity contribution in [2.24, 2.45) is 0 Å². The van der Waals surface area contributed by atoms with Crippen molar-refractivity contribution in [2.75, 3.05) is 23.3 Å². The van der Waals surface area contributed by atoms with Gasteiger partial charge in [0, 0.05) is 12.7 Å². The van der Waals surface area contributed by atoms with Gasteiger partial charge in [-0.05, 0) is 42.5 Å². The fourth-order valence-corrected chi connectivity index (χ4v) is 3.32. The third kappa shape index (κ3) is 2.89. The molecule has 122 valence electrons. The normalized spacial score (nSPS) is 13.7. The number of rotatable bonds is 3. The summed E-state index contributed by atoms with van der Waals surface area (Å²) in [4.78, 5) is 13.0. The van der Waals surface area contributed by atoms with E-state index in [0.29, 0.717) is 22.7 Å². The molecule has 1 heterocycles. The molecule has 0 aliphatic carbocycles. The molecule has 0 saturated heterocycles.